The van der Waals surface area contributed by atoms with Crippen molar-refractivity contribution in [1.29, 1.82) is 0 Å². The minimum Gasteiger partial charge on any atom is -0.496 e. The smallest absolute Gasteiger partial charge is 0.161 e. The van der Waals surface area contributed by atoms with Gasteiger partial charge in [0.25, 0.3) is 0 Å². The second-order valence-electron chi connectivity index (χ2n) is 6.62. The van der Waals surface area contributed by atoms with Crippen molar-refractivity contribution < 1.29 is 19.3 Å². The minimum atomic E-state index is -0.525. The summed E-state index contributed by atoms with van der Waals surface area (Å²) >= 11 is 0. The Labute approximate surface area is 153 Å². The van der Waals surface area contributed by atoms with Gasteiger partial charge in [-0.05, 0) is 40.8 Å². The van der Waals surface area contributed by atoms with Gasteiger partial charge >= 0.3 is 0 Å². The molecule has 1 aliphatic carbocycles. The lowest BCUT2D eigenvalue weighted by Gasteiger charge is -2.28. The second kappa shape index (κ2) is 6.89. The highest BCUT2D eigenvalue weighted by Crippen LogP contribution is 2.42. The maximum Gasteiger partial charge on any atom is 0.161 e. The normalized spacial score (nSPS) is 20.5. The van der Waals surface area contributed by atoms with Crippen LogP contribution in [0.4, 0.5) is 0 Å². The molecule has 2 aromatic carbocycles. The van der Waals surface area contributed by atoms with Gasteiger partial charge in [-0.25, -0.2) is 0 Å². The van der Waals surface area contributed by atoms with E-state index >= 15 is 0 Å². The zero-order valence-electron chi connectivity index (χ0n) is 14.9. The van der Waals surface area contributed by atoms with Crippen LogP contribution in [0.2, 0.25) is 0 Å². The fraction of sp³-hybridized carbons (Fsp3) is 0.273. The van der Waals surface area contributed by atoms with Crippen LogP contribution in [0, 0.1) is 5.92 Å². The van der Waals surface area contributed by atoms with Crippen molar-refractivity contribution in [3.63, 3.8) is 0 Å². The van der Waals surface area contributed by atoms with Crippen LogP contribution < -0.4 is 9.47 Å². The summed E-state index contributed by atoms with van der Waals surface area (Å²) in [5, 5.41) is 10.8. The molecule has 2 atom stereocenters. The molecule has 4 heteroatoms. The maximum atomic E-state index is 10.8. The molecule has 2 aliphatic rings. The molecule has 0 aromatic heterocycles. The van der Waals surface area contributed by atoms with Crippen LogP contribution in [0.25, 0.3) is 11.6 Å². The first kappa shape index (κ1) is 16.7. The molecule has 0 saturated heterocycles. The summed E-state index contributed by atoms with van der Waals surface area (Å²) < 4.78 is 16.5. The van der Waals surface area contributed by atoms with Crippen molar-refractivity contribution in [1.82, 2.24) is 0 Å². The van der Waals surface area contributed by atoms with Crippen molar-refractivity contribution in [3.8, 4) is 11.5 Å². The fourth-order valence-electron chi connectivity index (χ4n) is 3.72. The molecule has 1 heterocycles. The van der Waals surface area contributed by atoms with Gasteiger partial charge in [0, 0.05) is 11.5 Å². The number of fused-ring (bicyclic) bond motifs is 2. The van der Waals surface area contributed by atoms with Crippen LogP contribution in [0.1, 0.15) is 34.8 Å². The number of allylic oxidation sites excluding steroid dienone is 1. The highest BCUT2D eigenvalue weighted by Gasteiger charge is 2.27. The van der Waals surface area contributed by atoms with E-state index in [-0.39, 0.29) is 5.92 Å². The number of aliphatic hydroxyl groups is 1. The van der Waals surface area contributed by atoms with E-state index in [1.165, 1.54) is 0 Å². The standard InChI is InChI=1S/C22H22O4/c1-24-20-10-17-13-26-12-16(19(17)11-21(20)25-2)9-15-8-7-14-5-3-4-6-18(14)22(15)23/h3-8,10-12,15,22-23H,9,13H2,1-2H3/t15-,22+/m0/s1. The molecule has 2 aromatic rings. The Bertz CT molecular complexity index is 882. The summed E-state index contributed by atoms with van der Waals surface area (Å²) in [4.78, 5) is 0. The number of rotatable bonds is 4. The first-order chi connectivity index (χ1) is 12.7. The lowest BCUT2D eigenvalue weighted by molar-refractivity contribution is 0.131. The second-order valence-corrected chi connectivity index (χ2v) is 6.62. The monoisotopic (exact) mass is 350 g/mol. The van der Waals surface area contributed by atoms with Crippen LogP contribution >= 0.6 is 0 Å². The van der Waals surface area contributed by atoms with Crippen LogP contribution in [0.5, 0.6) is 11.5 Å². The van der Waals surface area contributed by atoms with E-state index in [1.54, 1.807) is 20.5 Å². The van der Waals surface area contributed by atoms with E-state index in [4.69, 9.17) is 14.2 Å². The third-order valence-electron chi connectivity index (χ3n) is 5.12. The van der Waals surface area contributed by atoms with Gasteiger partial charge in [0.1, 0.15) is 6.61 Å². The summed E-state index contributed by atoms with van der Waals surface area (Å²) in [6.45, 7) is 0.505. The Balaban J connectivity index is 1.64. The highest BCUT2D eigenvalue weighted by molar-refractivity contribution is 5.72. The Morgan fingerprint density at radius 2 is 1.88 bits per heavy atom. The van der Waals surface area contributed by atoms with Gasteiger partial charge in [0.05, 0.1) is 26.6 Å². The van der Waals surface area contributed by atoms with Crippen LogP contribution in [0.15, 0.2) is 48.7 Å². The van der Waals surface area contributed by atoms with Gasteiger partial charge in [-0.3, -0.25) is 0 Å². The molecule has 0 bridgehead atoms. The molecule has 4 rings (SSSR count). The molecule has 0 radical (unpaired) electrons. The van der Waals surface area contributed by atoms with Crippen molar-refractivity contribution in [3.05, 3.63) is 71.0 Å². The predicted molar refractivity (Wildman–Crippen MR) is 101 cm³/mol. The van der Waals surface area contributed by atoms with Crippen molar-refractivity contribution in [2.75, 3.05) is 14.2 Å². The summed E-state index contributed by atoms with van der Waals surface area (Å²) in [7, 11) is 3.27. The molecule has 1 aliphatic heterocycles. The average Bonchev–Trinajstić information content (AvgIpc) is 2.69. The van der Waals surface area contributed by atoms with Crippen LogP contribution in [-0.2, 0) is 11.3 Å². The van der Waals surface area contributed by atoms with E-state index in [1.807, 2.05) is 36.4 Å². The molecule has 0 unspecified atom stereocenters. The van der Waals surface area contributed by atoms with Crippen molar-refractivity contribution >= 4 is 11.6 Å². The third kappa shape index (κ3) is 2.86. The average molecular weight is 350 g/mol. The number of methoxy groups -OCH3 is 2. The lowest BCUT2D eigenvalue weighted by Crippen LogP contribution is -2.16. The quantitative estimate of drug-likeness (QED) is 0.891. The molecule has 0 fully saturated rings. The van der Waals surface area contributed by atoms with Gasteiger partial charge in [0.2, 0.25) is 0 Å². The summed E-state index contributed by atoms with van der Waals surface area (Å²) in [5.74, 6) is 1.39. The van der Waals surface area contributed by atoms with E-state index in [0.717, 1.165) is 27.8 Å². The Hall–Kier alpha value is -2.72. The lowest BCUT2D eigenvalue weighted by atomic mass is 9.81. The number of hydrogen-bond acceptors (Lipinski definition) is 4. The van der Waals surface area contributed by atoms with Crippen LogP contribution in [0.3, 0.4) is 0 Å². The number of hydrogen-bond donors (Lipinski definition) is 1. The Kier molecular flexibility index (Phi) is 4.43. The maximum absolute atomic E-state index is 10.8. The fourth-order valence-corrected chi connectivity index (χ4v) is 3.72. The van der Waals surface area contributed by atoms with Gasteiger partial charge in [0.15, 0.2) is 11.5 Å². The van der Waals surface area contributed by atoms with Gasteiger partial charge in [-0.1, -0.05) is 36.4 Å². The van der Waals surface area contributed by atoms with Gasteiger partial charge in [-0.2, -0.15) is 0 Å². The molecule has 0 spiro atoms. The van der Waals surface area contributed by atoms with E-state index in [2.05, 4.69) is 12.2 Å². The summed E-state index contributed by atoms with van der Waals surface area (Å²) in [5.41, 5.74) is 5.27. The zero-order chi connectivity index (χ0) is 18.1. The molecule has 0 saturated carbocycles. The number of aliphatic hydroxyl groups excluding tert-OH is 1. The number of benzene rings is 2. The van der Waals surface area contributed by atoms with Gasteiger partial charge < -0.3 is 19.3 Å². The van der Waals surface area contributed by atoms with E-state index in [9.17, 15) is 5.11 Å². The van der Waals surface area contributed by atoms with E-state index < -0.39 is 6.10 Å². The third-order valence-corrected chi connectivity index (χ3v) is 5.12. The van der Waals surface area contributed by atoms with Crippen LogP contribution in [-0.4, -0.2) is 19.3 Å². The predicted octanol–water partition coefficient (Wildman–Crippen LogP) is 4.34. The first-order valence-electron chi connectivity index (χ1n) is 8.72. The SMILES string of the molecule is COc1cc2c(cc1OC)C(C[C@@H]1C=Cc3ccccc3[C@@H]1O)=COC2. The Morgan fingerprint density at radius 3 is 2.69 bits per heavy atom. The molecule has 134 valence electrons. The number of ether oxygens (including phenoxy) is 3. The molecule has 0 amide bonds. The van der Waals surface area contributed by atoms with Crippen molar-refractivity contribution in [2.24, 2.45) is 5.92 Å². The minimum absolute atomic E-state index is 0.00111. The molecular weight excluding hydrogens is 328 g/mol. The molecule has 1 N–H and O–H groups in total. The van der Waals surface area contributed by atoms with Gasteiger partial charge in [-0.15, -0.1) is 0 Å². The molecule has 4 nitrogen and oxygen atoms in total. The molecular formula is C22H22O4. The first-order valence-corrected chi connectivity index (χ1v) is 8.72. The highest BCUT2D eigenvalue weighted by atomic mass is 16.5. The zero-order valence-corrected chi connectivity index (χ0v) is 14.9. The summed E-state index contributed by atoms with van der Waals surface area (Å²) in [6, 6.07) is 11.9. The summed E-state index contributed by atoms with van der Waals surface area (Å²) in [6.07, 6.45) is 6.14. The largest absolute Gasteiger partial charge is 0.496 e. The topological polar surface area (TPSA) is 47.9 Å². The Morgan fingerprint density at radius 1 is 1.12 bits per heavy atom. The molecule has 26 heavy (non-hydrogen) atoms. The van der Waals surface area contributed by atoms with Crippen molar-refractivity contribution in [2.45, 2.75) is 19.1 Å². The van der Waals surface area contributed by atoms with E-state index in [0.29, 0.717) is 24.5 Å².